The molecule has 0 aliphatic carbocycles. The second kappa shape index (κ2) is 11.1. The Labute approximate surface area is 217 Å². The third-order valence-corrected chi connectivity index (χ3v) is 6.17. The minimum Gasteiger partial charge on any atom is -0.506 e. The second-order valence-corrected chi connectivity index (χ2v) is 8.35. The molecule has 2 aliphatic rings. The Morgan fingerprint density at radius 3 is 2.64 bits per heavy atom. The average molecular weight is 568 g/mol. The van der Waals surface area contributed by atoms with Crippen LogP contribution in [0.2, 0.25) is 0 Å². The van der Waals surface area contributed by atoms with E-state index in [0.717, 1.165) is 0 Å². The molecule has 4 rings (SSSR count). The number of aromatic hydroxyl groups is 1. The number of hydrogen-bond donors (Lipinski definition) is 3. The number of ether oxygens (including phenoxy) is 3. The number of phenolic OH excluding ortho intramolecular Hbond substituents is 1. The molecule has 1 fully saturated rings. The third kappa shape index (κ3) is 5.24. The number of halogens is 2. The van der Waals surface area contributed by atoms with Gasteiger partial charge in [0.15, 0.2) is 23.1 Å². The predicted molar refractivity (Wildman–Crippen MR) is 134 cm³/mol. The molecule has 0 aromatic heterocycles. The molecule has 1 atom stereocenters. The number of carbonyl (C=O) groups is 2. The quantitative estimate of drug-likeness (QED) is 0.391. The van der Waals surface area contributed by atoms with E-state index in [1.807, 2.05) is 4.90 Å². The Kier molecular flexibility index (Phi) is 8.41. The van der Waals surface area contributed by atoms with Crippen LogP contribution in [0.5, 0.6) is 17.2 Å². The summed E-state index contributed by atoms with van der Waals surface area (Å²) in [6.45, 7) is 0.520. The standard InChI is InChI=1S/C24H26FN3O7.BrH/c1-33-19-8-14-9-28(24(26)21(14)22(25)23(19)34-2)11-18(30)13-3-4-17(29)16(7-13)27-6-5-15(10-27)35-12-20(31)32;/h3-4,7-8,15,26,29H,5-6,9-12H2,1-2H3,(H,31,32);1H. The summed E-state index contributed by atoms with van der Waals surface area (Å²) in [5.41, 5.74) is 1.37. The van der Waals surface area contributed by atoms with Crippen LogP contribution in [-0.2, 0) is 16.1 Å². The topological polar surface area (TPSA) is 133 Å². The summed E-state index contributed by atoms with van der Waals surface area (Å²) in [7, 11) is 2.71. The minimum atomic E-state index is -1.05. The number of Topliss-reactive ketones (excluding diaryl/α,β-unsaturated/α-hetero) is 1. The van der Waals surface area contributed by atoms with Crippen molar-refractivity contribution in [3.63, 3.8) is 0 Å². The van der Waals surface area contributed by atoms with Crippen molar-refractivity contribution in [1.82, 2.24) is 4.90 Å². The molecule has 2 heterocycles. The Bertz CT molecular complexity index is 1190. The van der Waals surface area contributed by atoms with Crippen molar-refractivity contribution in [2.75, 3.05) is 45.4 Å². The van der Waals surface area contributed by atoms with Crippen LogP contribution < -0.4 is 14.4 Å². The van der Waals surface area contributed by atoms with Crippen molar-refractivity contribution in [3.8, 4) is 17.2 Å². The van der Waals surface area contributed by atoms with E-state index < -0.39 is 18.4 Å². The van der Waals surface area contributed by atoms with Gasteiger partial charge in [0.25, 0.3) is 0 Å². The number of carbonyl (C=O) groups excluding carboxylic acids is 1. The zero-order valence-electron chi connectivity index (χ0n) is 19.7. The monoisotopic (exact) mass is 567 g/mol. The molecule has 0 bridgehead atoms. The van der Waals surface area contributed by atoms with Crippen molar-refractivity contribution < 1.29 is 38.4 Å². The van der Waals surface area contributed by atoms with Crippen LogP contribution >= 0.6 is 17.0 Å². The van der Waals surface area contributed by atoms with Crippen molar-refractivity contribution >= 4 is 40.3 Å². The first-order chi connectivity index (χ1) is 16.7. The molecule has 2 aromatic rings. The van der Waals surface area contributed by atoms with Crippen LogP contribution in [0.25, 0.3) is 0 Å². The lowest BCUT2D eigenvalue weighted by Crippen LogP contribution is -2.30. The summed E-state index contributed by atoms with van der Waals surface area (Å²) in [5, 5.41) is 27.6. The molecule has 1 saturated heterocycles. The number of aliphatic carboxylic acids is 1. The molecule has 0 radical (unpaired) electrons. The van der Waals surface area contributed by atoms with Crippen LogP contribution in [0.1, 0.15) is 27.9 Å². The highest BCUT2D eigenvalue weighted by Crippen LogP contribution is 2.38. The molecule has 2 aliphatic heterocycles. The Morgan fingerprint density at radius 1 is 1.22 bits per heavy atom. The molecule has 10 nitrogen and oxygen atoms in total. The normalized spacial score (nSPS) is 16.5. The molecular formula is C24H27BrFN3O7. The van der Waals surface area contributed by atoms with Gasteiger partial charge in [-0.1, -0.05) is 0 Å². The maximum Gasteiger partial charge on any atom is 0.329 e. The molecule has 2 aromatic carbocycles. The predicted octanol–water partition coefficient (Wildman–Crippen LogP) is 2.83. The molecule has 0 saturated carbocycles. The molecule has 1 unspecified atom stereocenters. The molecule has 3 N–H and O–H groups in total. The van der Waals surface area contributed by atoms with Crippen LogP contribution in [0.3, 0.4) is 0 Å². The average Bonchev–Trinajstić information content (AvgIpc) is 3.42. The van der Waals surface area contributed by atoms with Crippen LogP contribution in [-0.4, -0.2) is 79.3 Å². The molecule has 194 valence electrons. The SMILES string of the molecule is Br.COc1cc2c(c(F)c1OC)C(=N)N(CC(=O)c1ccc(O)c(N3CCC(OCC(=O)O)C3)c1)C2. The lowest BCUT2D eigenvalue weighted by Gasteiger charge is -2.21. The largest absolute Gasteiger partial charge is 0.506 e. The number of hydrogen-bond acceptors (Lipinski definition) is 8. The first-order valence-corrected chi connectivity index (χ1v) is 10.9. The molecule has 12 heteroatoms. The van der Waals surface area contributed by atoms with Gasteiger partial charge in [-0.25, -0.2) is 9.18 Å². The number of nitrogens with one attached hydrogen (secondary N) is 1. The molecular weight excluding hydrogens is 541 g/mol. The number of phenols is 1. The lowest BCUT2D eigenvalue weighted by molar-refractivity contribution is -0.143. The summed E-state index contributed by atoms with van der Waals surface area (Å²) in [6, 6.07) is 6.09. The first-order valence-electron chi connectivity index (χ1n) is 10.9. The molecule has 0 amide bonds. The number of carboxylic acid groups (broad SMARTS) is 1. The van der Waals surface area contributed by atoms with Gasteiger partial charge in [0, 0.05) is 25.2 Å². The van der Waals surface area contributed by atoms with Gasteiger partial charge >= 0.3 is 5.97 Å². The highest BCUT2D eigenvalue weighted by molar-refractivity contribution is 8.93. The van der Waals surface area contributed by atoms with Gasteiger partial charge in [0.1, 0.15) is 18.2 Å². The molecule has 0 spiro atoms. The fraction of sp³-hybridized carbons (Fsp3) is 0.375. The Balaban J connectivity index is 0.00000361. The number of methoxy groups -OCH3 is 2. The fourth-order valence-electron chi connectivity index (χ4n) is 4.45. The van der Waals surface area contributed by atoms with Gasteiger partial charge in [-0.3, -0.25) is 10.2 Å². The highest BCUT2D eigenvalue weighted by atomic mass is 79.9. The number of ketones is 1. The highest BCUT2D eigenvalue weighted by Gasteiger charge is 2.33. The number of carboxylic acids is 1. The van der Waals surface area contributed by atoms with Gasteiger partial charge < -0.3 is 34.2 Å². The summed E-state index contributed by atoms with van der Waals surface area (Å²) in [4.78, 5) is 27.1. The number of rotatable bonds is 9. The van der Waals surface area contributed by atoms with E-state index in [4.69, 9.17) is 24.7 Å². The van der Waals surface area contributed by atoms with E-state index in [2.05, 4.69) is 0 Å². The summed E-state index contributed by atoms with van der Waals surface area (Å²) in [5.74, 6) is -2.08. The van der Waals surface area contributed by atoms with Crippen molar-refractivity contribution in [2.24, 2.45) is 0 Å². The number of anilines is 1. The zero-order chi connectivity index (χ0) is 25.3. The van der Waals surface area contributed by atoms with Crippen molar-refractivity contribution in [3.05, 3.63) is 46.8 Å². The Hall–Kier alpha value is -3.38. The van der Waals surface area contributed by atoms with Crippen molar-refractivity contribution in [2.45, 2.75) is 19.1 Å². The van der Waals surface area contributed by atoms with Gasteiger partial charge in [-0.05, 0) is 36.2 Å². The van der Waals surface area contributed by atoms with Gasteiger partial charge in [-0.15, -0.1) is 17.0 Å². The third-order valence-electron chi connectivity index (χ3n) is 6.17. The zero-order valence-corrected chi connectivity index (χ0v) is 21.5. The maximum atomic E-state index is 15.0. The Morgan fingerprint density at radius 2 is 1.97 bits per heavy atom. The summed E-state index contributed by atoms with van der Waals surface area (Å²) < 4.78 is 30.6. The van der Waals surface area contributed by atoms with E-state index in [-0.39, 0.29) is 70.6 Å². The second-order valence-electron chi connectivity index (χ2n) is 8.35. The van der Waals surface area contributed by atoms with Gasteiger partial charge in [0.05, 0.1) is 38.1 Å². The smallest absolute Gasteiger partial charge is 0.329 e. The summed E-state index contributed by atoms with van der Waals surface area (Å²) >= 11 is 0. The lowest BCUT2D eigenvalue weighted by atomic mass is 10.1. The fourth-order valence-corrected chi connectivity index (χ4v) is 4.45. The van der Waals surface area contributed by atoms with Crippen LogP contribution in [0.15, 0.2) is 24.3 Å². The van der Waals surface area contributed by atoms with E-state index >= 15 is 0 Å². The molecule has 36 heavy (non-hydrogen) atoms. The summed E-state index contributed by atoms with van der Waals surface area (Å²) in [6.07, 6.45) is 0.296. The number of amidine groups is 1. The maximum absolute atomic E-state index is 15.0. The van der Waals surface area contributed by atoms with Crippen LogP contribution in [0.4, 0.5) is 10.1 Å². The van der Waals surface area contributed by atoms with Gasteiger partial charge in [-0.2, -0.15) is 0 Å². The van der Waals surface area contributed by atoms with E-state index in [0.29, 0.717) is 36.3 Å². The number of nitrogens with zero attached hydrogens (tertiary/aromatic N) is 2. The van der Waals surface area contributed by atoms with Crippen molar-refractivity contribution in [1.29, 1.82) is 5.41 Å². The van der Waals surface area contributed by atoms with Crippen LogP contribution in [0, 0.1) is 11.2 Å². The minimum absolute atomic E-state index is 0. The van der Waals surface area contributed by atoms with E-state index in [9.17, 15) is 19.1 Å². The number of benzene rings is 2. The van der Waals surface area contributed by atoms with E-state index in [1.165, 1.54) is 31.3 Å². The number of fused-ring (bicyclic) bond motifs is 1. The van der Waals surface area contributed by atoms with E-state index in [1.54, 1.807) is 12.1 Å². The van der Waals surface area contributed by atoms with Gasteiger partial charge in [0.2, 0.25) is 0 Å². The first kappa shape index (κ1) is 27.2.